The number of aliphatic carboxylic acids is 1. The van der Waals surface area contributed by atoms with Crippen LogP contribution in [0.3, 0.4) is 0 Å². The molecule has 144 valence electrons. The highest BCUT2D eigenvalue weighted by Gasteiger charge is 2.36. The number of fused-ring (bicyclic) bond motifs is 1. The molecule has 2 heterocycles. The van der Waals surface area contributed by atoms with Crippen LogP contribution in [0.4, 0.5) is 0 Å². The first-order chi connectivity index (χ1) is 13.5. The molecule has 0 spiro atoms. The molecule has 1 N–H and O–H groups in total. The molecule has 6 nitrogen and oxygen atoms in total. The maximum atomic E-state index is 13.0. The largest absolute Gasteiger partial charge is 0.479 e. The molecule has 0 aromatic heterocycles. The van der Waals surface area contributed by atoms with Gasteiger partial charge in [0.25, 0.3) is 5.91 Å². The van der Waals surface area contributed by atoms with Crippen molar-refractivity contribution in [3.63, 3.8) is 0 Å². The molecule has 2 aromatic rings. The van der Waals surface area contributed by atoms with Gasteiger partial charge >= 0.3 is 5.97 Å². The van der Waals surface area contributed by atoms with Crippen LogP contribution in [0.2, 0.25) is 0 Å². The maximum Gasteiger partial charge on any atom is 0.331 e. The average molecular weight is 378 g/mol. The number of carboxylic acids is 1. The minimum atomic E-state index is -1.02. The van der Waals surface area contributed by atoms with Crippen LogP contribution in [0.1, 0.15) is 45.9 Å². The van der Waals surface area contributed by atoms with Gasteiger partial charge < -0.3 is 14.9 Å². The van der Waals surface area contributed by atoms with Crippen LogP contribution < -0.4 is 0 Å². The van der Waals surface area contributed by atoms with E-state index in [2.05, 4.69) is 0 Å². The number of carbonyl (C=O) groups is 3. The molecule has 6 heteroatoms. The van der Waals surface area contributed by atoms with Crippen molar-refractivity contribution in [3.8, 4) is 0 Å². The molecule has 1 fully saturated rings. The molecule has 2 aliphatic rings. The van der Waals surface area contributed by atoms with Crippen molar-refractivity contribution in [2.75, 3.05) is 13.1 Å². The monoisotopic (exact) mass is 378 g/mol. The van der Waals surface area contributed by atoms with Crippen molar-refractivity contribution < 1.29 is 19.5 Å². The van der Waals surface area contributed by atoms with Gasteiger partial charge in [0.2, 0.25) is 5.91 Å². The number of benzene rings is 2. The van der Waals surface area contributed by atoms with Crippen molar-refractivity contribution in [1.29, 1.82) is 0 Å². The third-order valence-corrected chi connectivity index (χ3v) is 5.52. The van der Waals surface area contributed by atoms with Gasteiger partial charge in [-0.2, -0.15) is 0 Å². The van der Waals surface area contributed by atoms with Gasteiger partial charge in [0.15, 0.2) is 6.04 Å². The summed E-state index contributed by atoms with van der Waals surface area (Å²) < 4.78 is 0. The lowest BCUT2D eigenvalue weighted by molar-refractivity contribution is -0.143. The molecule has 1 atom stereocenters. The Balaban J connectivity index is 1.53. The summed E-state index contributed by atoms with van der Waals surface area (Å²) in [6.07, 6.45) is 2.13. The van der Waals surface area contributed by atoms with Crippen molar-refractivity contribution in [1.82, 2.24) is 9.80 Å². The van der Waals surface area contributed by atoms with Crippen molar-refractivity contribution >= 4 is 17.8 Å². The highest BCUT2D eigenvalue weighted by molar-refractivity contribution is 5.97. The minimum absolute atomic E-state index is 0.163. The van der Waals surface area contributed by atoms with E-state index < -0.39 is 12.0 Å². The zero-order valence-electron chi connectivity index (χ0n) is 15.5. The molecule has 0 radical (unpaired) electrons. The first kappa shape index (κ1) is 18.2. The summed E-state index contributed by atoms with van der Waals surface area (Å²) in [6.45, 7) is 1.69. The van der Waals surface area contributed by atoms with Crippen LogP contribution in [0, 0.1) is 0 Å². The smallest absolute Gasteiger partial charge is 0.331 e. The Morgan fingerprint density at radius 3 is 2.43 bits per heavy atom. The van der Waals surface area contributed by atoms with E-state index in [4.69, 9.17) is 0 Å². The third-order valence-electron chi connectivity index (χ3n) is 5.52. The van der Waals surface area contributed by atoms with Crippen LogP contribution in [-0.4, -0.2) is 45.8 Å². The number of amides is 2. The van der Waals surface area contributed by atoms with E-state index in [1.165, 1.54) is 4.90 Å². The molecule has 1 unspecified atom stereocenters. The summed E-state index contributed by atoms with van der Waals surface area (Å²) in [7, 11) is 0. The van der Waals surface area contributed by atoms with Gasteiger partial charge in [-0.3, -0.25) is 9.59 Å². The van der Waals surface area contributed by atoms with E-state index in [1.807, 2.05) is 29.2 Å². The van der Waals surface area contributed by atoms with Gasteiger partial charge in [-0.05, 0) is 41.7 Å². The molecule has 1 saturated heterocycles. The van der Waals surface area contributed by atoms with Crippen LogP contribution in [0.25, 0.3) is 0 Å². The molecule has 0 aliphatic carbocycles. The average Bonchev–Trinajstić information content (AvgIpc) is 3.11. The predicted octanol–water partition coefficient (Wildman–Crippen LogP) is 2.63. The highest BCUT2D eigenvalue weighted by Crippen LogP contribution is 2.31. The predicted molar refractivity (Wildman–Crippen MR) is 103 cm³/mol. The number of nitrogens with zero attached hydrogens (tertiary/aromatic N) is 2. The first-order valence-corrected chi connectivity index (χ1v) is 9.53. The molecule has 2 aliphatic heterocycles. The van der Waals surface area contributed by atoms with E-state index in [0.717, 1.165) is 24.1 Å². The Kier molecular flexibility index (Phi) is 4.86. The molecule has 0 bridgehead atoms. The highest BCUT2D eigenvalue weighted by atomic mass is 16.4. The Hall–Kier alpha value is -3.15. The zero-order valence-corrected chi connectivity index (χ0v) is 15.5. The van der Waals surface area contributed by atoms with Crippen LogP contribution >= 0.6 is 0 Å². The van der Waals surface area contributed by atoms with Gasteiger partial charge in [0.05, 0.1) is 0 Å². The number of hydrogen-bond donors (Lipinski definition) is 1. The molecule has 2 aromatic carbocycles. The maximum absolute atomic E-state index is 13.0. The standard InChI is InChI=1S/C22H22N2O4/c25-19-6-3-12-23(19)14-15-7-9-17(10-8-15)21(26)24-13-11-16-4-1-2-5-18(16)20(24)22(27)28/h1-2,4-5,7-10,20H,3,6,11-14H2,(H,27,28). The van der Waals surface area contributed by atoms with E-state index in [9.17, 15) is 19.5 Å². The first-order valence-electron chi connectivity index (χ1n) is 9.53. The number of carboxylic acid groups (broad SMARTS) is 1. The summed E-state index contributed by atoms with van der Waals surface area (Å²) in [6, 6.07) is 13.5. The van der Waals surface area contributed by atoms with E-state index in [1.54, 1.807) is 24.3 Å². The Bertz CT molecular complexity index is 922. The van der Waals surface area contributed by atoms with Crippen LogP contribution in [0.15, 0.2) is 48.5 Å². The lowest BCUT2D eigenvalue weighted by Crippen LogP contribution is -2.43. The summed E-state index contributed by atoms with van der Waals surface area (Å²) in [5.74, 6) is -1.15. The molecular formula is C22H22N2O4. The van der Waals surface area contributed by atoms with Gasteiger partial charge in [-0.15, -0.1) is 0 Å². The van der Waals surface area contributed by atoms with Gasteiger partial charge in [0.1, 0.15) is 0 Å². The van der Waals surface area contributed by atoms with Gasteiger partial charge in [0, 0.05) is 31.6 Å². The fourth-order valence-electron chi connectivity index (χ4n) is 4.06. The summed E-state index contributed by atoms with van der Waals surface area (Å²) >= 11 is 0. The summed E-state index contributed by atoms with van der Waals surface area (Å²) in [5.41, 5.74) is 3.08. The molecule has 28 heavy (non-hydrogen) atoms. The second-order valence-electron chi connectivity index (χ2n) is 7.30. The summed E-state index contributed by atoms with van der Waals surface area (Å²) in [5, 5.41) is 9.75. The zero-order chi connectivity index (χ0) is 19.7. The minimum Gasteiger partial charge on any atom is -0.479 e. The second-order valence-corrected chi connectivity index (χ2v) is 7.30. The number of likely N-dealkylation sites (tertiary alicyclic amines) is 1. The summed E-state index contributed by atoms with van der Waals surface area (Å²) in [4.78, 5) is 40.0. The Morgan fingerprint density at radius 1 is 1.00 bits per heavy atom. The van der Waals surface area contributed by atoms with Crippen molar-refractivity contribution in [3.05, 3.63) is 70.8 Å². The van der Waals surface area contributed by atoms with Gasteiger partial charge in [-0.25, -0.2) is 4.79 Å². The van der Waals surface area contributed by atoms with Crippen molar-refractivity contribution in [2.45, 2.75) is 31.8 Å². The Labute approximate surface area is 163 Å². The number of rotatable bonds is 4. The lowest BCUT2D eigenvalue weighted by atomic mass is 9.92. The van der Waals surface area contributed by atoms with Gasteiger partial charge in [-0.1, -0.05) is 36.4 Å². The van der Waals surface area contributed by atoms with E-state index in [0.29, 0.717) is 37.1 Å². The molecule has 4 rings (SSSR count). The normalized spacial score (nSPS) is 18.9. The van der Waals surface area contributed by atoms with Crippen LogP contribution in [0.5, 0.6) is 0 Å². The molecular weight excluding hydrogens is 356 g/mol. The lowest BCUT2D eigenvalue weighted by Gasteiger charge is -2.34. The number of hydrogen-bond acceptors (Lipinski definition) is 3. The van der Waals surface area contributed by atoms with Crippen LogP contribution in [-0.2, 0) is 22.6 Å². The SMILES string of the molecule is O=C(O)C1c2ccccc2CCN1C(=O)c1ccc(CN2CCCC2=O)cc1. The molecule has 2 amide bonds. The topological polar surface area (TPSA) is 77.9 Å². The number of carbonyl (C=O) groups excluding carboxylic acids is 2. The Morgan fingerprint density at radius 2 is 1.75 bits per heavy atom. The second kappa shape index (κ2) is 7.46. The van der Waals surface area contributed by atoms with E-state index >= 15 is 0 Å². The fourth-order valence-corrected chi connectivity index (χ4v) is 4.06. The fraction of sp³-hybridized carbons (Fsp3) is 0.318. The van der Waals surface area contributed by atoms with Crippen molar-refractivity contribution in [2.24, 2.45) is 0 Å². The molecule has 0 saturated carbocycles. The third kappa shape index (κ3) is 3.38. The van der Waals surface area contributed by atoms with E-state index in [-0.39, 0.29) is 11.8 Å². The quantitative estimate of drug-likeness (QED) is 0.887.